The third kappa shape index (κ3) is 3.48. The topological polar surface area (TPSA) is 66.9 Å². The van der Waals surface area contributed by atoms with Gasteiger partial charge in [-0.1, -0.05) is 59.4 Å². The third-order valence-electron chi connectivity index (χ3n) is 2.98. The Morgan fingerprint density at radius 2 is 1.68 bits per heavy atom. The van der Waals surface area contributed by atoms with Gasteiger partial charge in [0, 0.05) is 11.3 Å². The maximum absolute atomic E-state index is 11.9. The smallest absolute Gasteiger partial charge is 0.308 e. The van der Waals surface area contributed by atoms with Gasteiger partial charge in [-0.2, -0.15) is 0 Å². The molecule has 0 aliphatic carbocycles. The first kappa shape index (κ1) is 14.2. The van der Waals surface area contributed by atoms with E-state index in [1.807, 2.05) is 61.5 Å². The van der Waals surface area contributed by atoms with Gasteiger partial charge < -0.3 is 5.32 Å². The number of carbonyl (C=O) groups is 1. The lowest BCUT2D eigenvalue weighted by atomic mass is 10.2. The van der Waals surface area contributed by atoms with Crippen molar-refractivity contribution < 1.29 is 4.79 Å². The van der Waals surface area contributed by atoms with Crippen LogP contribution >= 0.6 is 11.3 Å². The number of hydrogen-bond donors (Lipinski definition) is 2. The minimum Gasteiger partial charge on any atom is -0.308 e. The molecule has 0 bridgehead atoms. The molecule has 0 saturated carbocycles. The van der Waals surface area contributed by atoms with Crippen molar-refractivity contribution in [3.05, 3.63) is 60.2 Å². The molecule has 0 fully saturated rings. The number of carbonyl (C=O) groups excluding carboxylic acids is 1. The highest BCUT2D eigenvalue weighted by molar-refractivity contribution is 7.18. The van der Waals surface area contributed by atoms with E-state index in [1.54, 1.807) is 0 Å². The van der Waals surface area contributed by atoms with Gasteiger partial charge in [-0.15, -0.1) is 10.2 Å². The fraction of sp³-hybridized carbons (Fsp3) is 0.0625. The Balaban J connectivity index is 1.66. The molecule has 0 aliphatic rings. The van der Waals surface area contributed by atoms with E-state index in [-0.39, 0.29) is 6.03 Å². The summed E-state index contributed by atoms with van der Waals surface area (Å²) < 4.78 is 0. The van der Waals surface area contributed by atoms with E-state index in [0.29, 0.717) is 5.13 Å². The van der Waals surface area contributed by atoms with E-state index in [0.717, 1.165) is 16.3 Å². The Morgan fingerprint density at radius 1 is 0.955 bits per heavy atom. The number of nitrogens with one attached hydrogen (secondary N) is 2. The summed E-state index contributed by atoms with van der Waals surface area (Å²) in [6.45, 7) is 2.03. The van der Waals surface area contributed by atoms with E-state index in [9.17, 15) is 4.79 Å². The zero-order valence-electron chi connectivity index (χ0n) is 11.9. The molecular formula is C16H14N4OS. The molecule has 2 N–H and O–H groups in total. The molecule has 0 unspecified atom stereocenters. The second-order valence-electron chi connectivity index (χ2n) is 4.72. The van der Waals surface area contributed by atoms with E-state index < -0.39 is 0 Å². The summed E-state index contributed by atoms with van der Waals surface area (Å²) >= 11 is 1.34. The highest BCUT2D eigenvalue weighted by atomic mass is 32.1. The van der Waals surface area contributed by atoms with Crippen molar-refractivity contribution in [1.29, 1.82) is 0 Å². The minimum atomic E-state index is -0.335. The number of amides is 2. The summed E-state index contributed by atoms with van der Waals surface area (Å²) in [5, 5.41) is 14.8. The van der Waals surface area contributed by atoms with Gasteiger partial charge in [0.15, 0.2) is 0 Å². The number of aryl methyl sites for hydroxylation is 1. The lowest BCUT2D eigenvalue weighted by Crippen LogP contribution is -2.19. The first-order valence-corrected chi connectivity index (χ1v) is 7.56. The molecule has 6 heteroatoms. The molecule has 0 spiro atoms. The highest BCUT2D eigenvalue weighted by Crippen LogP contribution is 2.26. The van der Waals surface area contributed by atoms with Crippen LogP contribution < -0.4 is 10.6 Å². The first-order chi connectivity index (χ1) is 10.7. The van der Waals surface area contributed by atoms with E-state index in [4.69, 9.17) is 0 Å². The van der Waals surface area contributed by atoms with E-state index in [2.05, 4.69) is 20.8 Å². The van der Waals surface area contributed by atoms with Crippen LogP contribution in [-0.2, 0) is 0 Å². The molecule has 0 atom stereocenters. The van der Waals surface area contributed by atoms with Crippen LogP contribution in [0.25, 0.3) is 10.6 Å². The van der Waals surface area contributed by atoms with Crippen LogP contribution in [0.3, 0.4) is 0 Å². The summed E-state index contributed by atoms with van der Waals surface area (Å²) in [6.07, 6.45) is 0. The largest absolute Gasteiger partial charge is 0.325 e. The molecule has 3 aromatic rings. The minimum absolute atomic E-state index is 0.335. The molecule has 2 amide bonds. The van der Waals surface area contributed by atoms with Gasteiger partial charge in [-0.05, 0) is 19.1 Å². The summed E-state index contributed by atoms with van der Waals surface area (Å²) in [6, 6.07) is 16.9. The van der Waals surface area contributed by atoms with Crippen LogP contribution in [0.15, 0.2) is 54.6 Å². The van der Waals surface area contributed by atoms with Crippen LogP contribution in [-0.4, -0.2) is 16.2 Å². The quantitative estimate of drug-likeness (QED) is 0.763. The molecule has 1 aromatic heterocycles. The number of para-hydroxylation sites is 1. The predicted octanol–water partition coefficient (Wildman–Crippen LogP) is 4.16. The van der Waals surface area contributed by atoms with Gasteiger partial charge in [0.25, 0.3) is 0 Å². The van der Waals surface area contributed by atoms with Crippen LogP contribution in [0.5, 0.6) is 0 Å². The molecule has 5 nitrogen and oxygen atoms in total. The van der Waals surface area contributed by atoms with Crippen LogP contribution in [0.1, 0.15) is 5.56 Å². The molecule has 22 heavy (non-hydrogen) atoms. The zero-order valence-corrected chi connectivity index (χ0v) is 12.7. The Morgan fingerprint density at radius 3 is 2.41 bits per heavy atom. The molecule has 110 valence electrons. The second kappa shape index (κ2) is 6.36. The Labute approximate surface area is 132 Å². The van der Waals surface area contributed by atoms with Crippen molar-refractivity contribution in [3.63, 3.8) is 0 Å². The maximum atomic E-state index is 11.9. The van der Waals surface area contributed by atoms with Gasteiger partial charge in [-0.25, -0.2) is 4.79 Å². The summed E-state index contributed by atoms with van der Waals surface area (Å²) in [4.78, 5) is 11.9. The average Bonchev–Trinajstić information content (AvgIpc) is 2.97. The van der Waals surface area contributed by atoms with Crippen LogP contribution in [0.4, 0.5) is 15.6 Å². The van der Waals surface area contributed by atoms with Gasteiger partial charge in [-0.3, -0.25) is 5.32 Å². The van der Waals surface area contributed by atoms with Crippen molar-refractivity contribution >= 4 is 28.2 Å². The molecule has 1 heterocycles. The molecule has 0 aliphatic heterocycles. The number of aromatic nitrogens is 2. The fourth-order valence-corrected chi connectivity index (χ4v) is 2.61. The van der Waals surface area contributed by atoms with Crippen molar-refractivity contribution in [1.82, 2.24) is 10.2 Å². The Kier molecular flexibility index (Phi) is 4.11. The van der Waals surface area contributed by atoms with E-state index in [1.165, 1.54) is 16.9 Å². The summed E-state index contributed by atoms with van der Waals surface area (Å²) in [5.74, 6) is 0. The molecule has 3 rings (SSSR count). The van der Waals surface area contributed by atoms with Crippen molar-refractivity contribution in [2.75, 3.05) is 10.6 Å². The molecule has 2 aromatic carbocycles. The fourth-order valence-electron chi connectivity index (χ4n) is 1.87. The number of benzene rings is 2. The molecular weight excluding hydrogens is 296 g/mol. The Hall–Kier alpha value is -2.73. The van der Waals surface area contributed by atoms with Gasteiger partial charge in [0.05, 0.1) is 0 Å². The van der Waals surface area contributed by atoms with Crippen molar-refractivity contribution in [2.24, 2.45) is 0 Å². The number of rotatable bonds is 3. The average molecular weight is 310 g/mol. The van der Waals surface area contributed by atoms with Gasteiger partial charge in [0.2, 0.25) is 5.13 Å². The first-order valence-electron chi connectivity index (χ1n) is 6.74. The molecule has 0 saturated heterocycles. The molecule has 0 radical (unpaired) electrons. The maximum Gasteiger partial charge on any atom is 0.325 e. The summed E-state index contributed by atoms with van der Waals surface area (Å²) in [5.41, 5.74) is 2.90. The second-order valence-corrected chi connectivity index (χ2v) is 5.70. The standard InChI is InChI=1S/C16H14N4OS/c1-11-7-9-12(10-8-11)14-19-20-16(22-14)18-15(21)17-13-5-3-2-4-6-13/h2-10H,1H3,(H2,17,18,20,21). The SMILES string of the molecule is Cc1ccc(-c2nnc(NC(=O)Nc3ccccc3)s2)cc1. The highest BCUT2D eigenvalue weighted by Gasteiger charge is 2.09. The van der Waals surface area contributed by atoms with Crippen molar-refractivity contribution in [2.45, 2.75) is 6.92 Å². The number of urea groups is 1. The number of nitrogens with zero attached hydrogens (tertiary/aromatic N) is 2. The van der Waals surface area contributed by atoms with Crippen LogP contribution in [0.2, 0.25) is 0 Å². The normalized spacial score (nSPS) is 10.2. The van der Waals surface area contributed by atoms with Crippen molar-refractivity contribution in [3.8, 4) is 10.6 Å². The predicted molar refractivity (Wildman–Crippen MR) is 89.2 cm³/mol. The van der Waals surface area contributed by atoms with Gasteiger partial charge in [0.1, 0.15) is 5.01 Å². The summed E-state index contributed by atoms with van der Waals surface area (Å²) in [7, 11) is 0. The zero-order chi connectivity index (χ0) is 15.4. The lowest BCUT2D eigenvalue weighted by Gasteiger charge is -2.03. The number of anilines is 2. The Bertz CT molecular complexity index is 768. The third-order valence-corrected chi connectivity index (χ3v) is 3.86. The lowest BCUT2D eigenvalue weighted by molar-refractivity contribution is 0.262. The van der Waals surface area contributed by atoms with Crippen LogP contribution in [0, 0.1) is 6.92 Å². The number of hydrogen-bond acceptors (Lipinski definition) is 4. The van der Waals surface area contributed by atoms with E-state index >= 15 is 0 Å². The monoisotopic (exact) mass is 310 g/mol. The van der Waals surface area contributed by atoms with Gasteiger partial charge >= 0.3 is 6.03 Å².